The molecule has 1 aliphatic rings. The average molecular weight is 191 g/mol. The number of benzene rings is 1. The number of methoxy groups -OCH3 is 1. The fourth-order valence-corrected chi connectivity index (χ4v) is 1.86. The van der Waals surface area contributed by atoms with E-state index < -0.39 is 0 Å². The van der Waals surface area contributed by atoms with Gasteiger partial charge in [-0.2, -0.15) is 0 Å². The van der Waals surface area contributed by atoms with Crippen LogP contribution in [-0.4, -0.2) is 13.3 Å². The third-order valence-corrected chi connectivity index (χ3v) is 2.59. The second-order valence-corrected chi connectivity index (χ2v) is 3.41. The Labute approximate surface area is 81.5 Å². The maximum Gasteiger partial charge on any atom is 0.127 e. The molecule has 0 saturated carbocycles. The zero-order valence-electron chi connectivity index (χ0n) is 7.23. The molecule has 0 aliphatic carbocycles. The number of fused-ring (bicyclic) bond motifs is 1. The molecule has 66 valence electrons. The maximum absolute atomic E-state index is 5.25. The molecule has 13 heavy (non-hydrogen) atoms. The molecule has 0 N–H and O–H groups in total. The topological polar surface area (TPSA) is 21.6 Å². The highest BCUT2D eigenvalue weighted by atomic mass is 32.2. The van der Waals surface area contributed by atoms with Gasteiger partial charge in [0.25, 0.3) is 0 Å². The Morgan fingerprint density at radius 2 is 2.31 bits per heavy atom. The van der Waals surface area contributed by atoms with Crippen LogP contribution in [0.25, 0.3) is 6.08 Å². The number of nitrogens with zero attached hydrogens (tertiary/aromatic N) is 1. The summed E-state index contributed by atoms with van der Waals surface area (Å²) in [6.07, 6.45) is 5.71. The third-order valence-electron chi connectivity index (χ3n) is 1.81. The van der Waals surface area contributed by atoms with Gasteiger partial charge >= 0.3 is 0 Å². The number of hydrogen-bond donors (Lipinski definition) is 0. The molecule has 0 spiro atoms. The van der Waals surface area contributed by atoms with E-state index in [9.17, 15) is 0 Å². The molecule has 0 aromatic heterocycles. The van der Waals surface area contributed by atoms with Crippen LogP contribution < -0.4 is 4.74 Å². The van der Waals surface area contributed by atoms with Gasteiger partial charge in [0, 0.05) is 28.6 Å². The minimum atomic E-state index is 0.895. The zero-order chi connectivity index (χ0) is 9.10. The van der Waals surface area contributed by atoms with Crippen molar-refractivity contribution in [2.75, 3.05) is 7.11 Å². The fourth-order valence-electron chi connectivity index (χ4n) is 1.21. The smallest absolute Gasteiger partial charge is 0.127 e. The van der Waals surface area contributed by atoms with E-state index in [2.05, 4.69) is 4.40 Å². The highest BCUT2D eigenvalue weighted by Crippen LogP contribution is 2.32. The average Bonchev–Trinajstić information content (AvgIpc) is 2.41. The van der Waals surface area contributed by atoms with E-state index in [4.69, 9.17) is 4.74 Å². The fraction of sp³-hybridized carbons (Fsp3) is 0.100. The Morgan fingerprint density at radius 3 is 3.15 bits per heavy atom. The zero-order valence-corrected chi connectivity index (χ0v) is 8.04. The quantitative estimate of drug-likeness (QED) is 0.636. The number of rotatable bonds is 1. The SMILES string of the molecule is COc1cccc2c1C=CC=NS2. The van der Waals surface area contributed by atoms with Crippen molar-refractivity contribution in [2.45, 2.75) is 4.90 Å². The molecule has 0 radical (unpaired) electrons. The summed E-state index contributed by atoms with van der Waals surface area (Å²) in [6, 6.07) is 5.96. The molecular weight excluding hydrogens is 182 g/mol. The largest absolute Gasteiger partial charge is 0.496 e. The van der Waals surface area contributed by atoms with Gasteiger partial charge < -0.3 is 4.74 Å². The maximum atomic E-state index is 5.25. The summed E-state index contributed by atoms with van der Waals surface area (Å²) in [5.74, 6) is 0.895. The van der Waals surface area contributed by atoms with E-state index in [1.807, 2.05) is 30.4 Å². The molecule has 2 rings (SSSR count). The first kappa shape index (κ1) is 8.38. The predicted molar refractivity (Wildman–Crippen MR) is 56.4 cm³/mol. The summed E-state index contributed by atoms with van der Waals surface area (Å²) in [6.45, 7) is 0. The van der Waals surface area contributed by atoms with Crippen LogP contribution >= 0.6 is 11.9 Å². The van der Waals surface area contributed by atoms with Crippen molar-refractivity contribution in [3.05, 3.63) is 29.8 Å². The van der Waals surface area contributed by atoms with Crippen molar-refractivity contribution in [3.63, 3.8) is 0 Å². The Bertz CT molecular complexity index is 371. The minimum Gasteiger partial charge on any atom is -0.496 e. The lowest BCUT2D eigenvalue weighted by Crippen LogP contribution is -1.87. The van der Waals surface area contributed by atoms with Crippen LogP contribution in [0.4, 0.5) is 0 Å². The summed E-state index contributed by atoms with van der Waals surface area (Å²) < 4.78 is 9.38. The van der Waals surface area contributed by atoms with Gasteiger partial charge in [0.2, 0.25) is 0 Å². The van der Waals surface area contributed by atoms with Crippen molar-refractivity contribution in [3.8, 4) is 5.75 Å². The van der Waals surface area contributed by atoms with E-state index in [0.717, 1.165) is 16.2 Å². The monoisotopic (exact) mass is 191 g/mol. The summed E-state index contributed by atoms with van der Waals surface area (Å²) in [7, 11) is 1.68. The van der Waals surface area contributed by atoms with E-state index >= 15 is 0 Å². The van der Waals surface area contributed by atoms with Gasteiger partial charge in [0.1, 0.15) is 5.75 Å². The molecule has 0 atom stereocenters. The molecule has 1 aromatic carbocycles. The van der Waals surface area contributed by atoms with Gasteiger partial charge in [-0.1, -0.05) is 6.07 Å². The van der Waals surface area contributed by atoms with Gasteiger partial charge in [-0.15, -0.1) is 0 Å². The van der Waals surface area contributed by atoms with Crippen LogP contribution in [0.5, 0.6) is 5.75 Å². The molecule has 1 aliphatic heterocycles. The van der Waals surface area contributed by atoms with Crippen LogP contribution in [0, 0.1) is 0 Å². The van der Waals surface area contributed by atoms with Gasteiger partial charge in [-0.3, -0.25) is 0 Å². The predicted octanol–water partition coefficient (Wildman–Crippen LogP) is 2.80. The van der Waals surface area contributed by atoms with Crippen LogP contribution in [0.1, 0.15) is 5.56 Å². The molecule has 2 nitrogen and oxygen atoms in total. The van der Waals surface area contributed by atoms with Crippen LogP contribution in [0.2, 0.25) is 0 Å². The molecule has 0 fully saturated rings. The summed E-state index contributed by atoms with van der Waals surface area (Å²) in [4.78, 5) is 1.13. The van der Waals surface area contributed by atoms with Crippen LogP contribution in [0.3, 0.4) is 0 Å². The number of ether oxygens (including phenoxy) is 1. The lowest BCUT2D eigenvalue weighted by atomic mass is 10.2. The second-order valence-electron chi connectivity index (χ2n) is 2.58. The van der Waals surface area contributed by atoms with E-state index in [1.165, 1.54) is 11.9 Å². The van der Waals surface area contributed by atoms with Gasteiger partial charge in [0.05, 0.1) is 7.11 Å². The minimum absolute atomic E-state index is 0.895. The lowest BCUT2D eigenvalue weighted by molar-refractivity contribution is 0.412. The normalized spacial score (nSPS) is 13.6. The number of allylic oxidation sites excluding steroid dienone is 1. The summed E-state index contributed by atoms with van der Waals surface area (Å²) in [5, 5.41) is 0. The van der Waals surface area contributed by atoms with Crippen molar-refractivity contribution in [2.24, 2.45) is 4.40 Å². The molecule has 1 heterocycles. The van der Waals surface area contributed by atoms with Crippen molar-refractivity contribution in [1.82, 2.24) is 0 Å². The summed E-state index contributed by atoms with van der Waals surface area (Å²) >= 11 is 1.47. The highest BCUT2D eigenvalue weighted by Gasteiger charge is 2.07. The van der Waals surface area contributed by atoms with E-state index in [0.29, 0.717) is 0 Å². The summed E-state index contributed by atoms with van der Waals surface area (Å²) in [5.41, 5.74) is 1.10. The van der Waals surface area contributed by atoms with E-state index in [1.54, 1.807) is 13.3 Å². The van der Waals surface area contributed by atoms with E-state index in [-0.39, 0.29) is 0 Å². The number of hydrogen-bond acceptors (Lipinski definition) is 3. The molecule has 3 heteroatoms. The standard InChI is InChI=1S/C10H9NOS/c1-12-9-5-2-6-10-8(9)4-3-7-11-13-10/h2-7H,1H3. The first-order valence-corrected chi connectivity index (χ1v) is 4.73. The first-order chi connectivity index (χ1) is 6.42. The first-order valence-electron chi connectivity index (χ1n) is 3.96. The Balaban J connectivity index is 2.55. The van der Waals surface area contributed by atoms with Crippen molar-refractivity contribution in [1.29, 1.82) is 0 Å². The van der Waals surface area contributed by atoms with Crippen molar-refractivity contribution >= 4 is 24.2 Å². The Kier molecular flexibility index (Phi) is 2.36. The Morgan fingerprint density at radius 1 is 1.38 bits per heavy atom. The molecular formula is C10H9NOS. The lowest BCUT2D eigenvalue weighted by Gasteiger charge is -2.06. The highest BCUT2D eigenvalue weighted by molar-refractivity contribution is 7.98. The molecule has 0 bridgehead atoms. The van der Waals surface area contributed by atoms with Gasteiger partial charge in [-0.25, -0.2) is 4.40 Å². The van der Waals surface area contributed by atoms with Crippen molar-refractivity contribution < 1.29 is 4.74 Å². The third kappa shape index (κ3) is 1.60. The molecule has 0 unspecified atom stereocenters. The van der Waals surface area contributed by atoms with Crippen LogP contribution in [-0.2, 0) is 0 Å². The molecule has 0 saturated heterocycles. The molecule has 0 amide bonds. The second kappa shape index (κ2) is 3.66. The van der Waals surface area contributed by atoms with Gasteiger partial charge in [-0.05, 0) is 24.3 Å². The van der Waals surface area contributed by atoms with Gasteiger partial charge in [0.15, 0.2) is 0 Å². The van der Waals surface area contributed by atoms with Crippen LogP contribution in [0.15, 0.2) is 33.6 Å². The molecule has 1 aromatic rings. The Hall–Kier alpha value is -1.22.